The van der Waals surface area contributed by atoms with Crippen molar-refractivity contribution in [1.82, 2.24) is 0 Å². The minimum absolute atomic E-state index is 0.754. The van der Waals surface area contributed by atoms with Gasteiger partial charge in [-0.1, -0.05) is 125 Å². The molecule has 1 heteroatoms. The van der Waals surface area contributed by atoms with Crippen LogP contribution in [-0.4, -0.2) is 0 Å². The first kappa shape index (κ1) is 23.4. The molecule has 0 heterocycles. The summed E-state index contributed by atoms with van der Waals surface area (Å²) in [5.41, 5.74) is 3.88. The van der Waals surface area contributed by atoms with Crippen LogP contribution in [0.2, 0.25) is 5.02 Å². The Balaban J connectivity index is 1.32. The molecule has 0 aromatic heterocycles. The van der Waals surface area contributed by atoms with Gasteiger partial charge in [0.25, 0.3) is 0 Å². The fourth-order valence-corrected chi connectivity index (χ4v) is 5.40. The van der Waals surface area contributed by atoms with Crippen molar-refractivity contribution in [1.29, 1.82) is 0 Å². The van der Waals surface area contributed by atoms with Crippen LogP contribution in [-0.2, 0) is 0 Å². The van der Waals surface area contributed by atoms with Crippen LogP contribution >= 0.6 is 11.6 Å². The second-order valence-corrected chi connectivity index (χ2v) is 9.84. The minimum Gasteiger partial charge on any atom is -0.0837 e. The molecule has 1 aliphatic rings. The fourth-order valence-electron chi connectivity index (χ4n) is 5.16. The number of rotatable bonds is 12. The Morgan fingerprint density at radius 3 is 1.93 bits per heavy atom. The summed E-state index contributed by atoms with van der Waals surface area (Å²) in [5.74, 6) is 1.73. The van der Waals surface area contributed by atoms with Crippen molar-refractivity contribution in [2.24, 2.45) is 5.92 Å². The Hall–Kier alpha value is -1.27. The van der Waals surface area contributed by atoms with Crippen molar-refractivity contribution < 1.29 is 0 Å². The van der Waals surface area contributed by atoms with Gasteiger partial charge in [0, 0.05) is 10.6 Å². The highest BCUT2D eigenvalue weighted by Crippen LogP contribution is 2.38. The lowest BCUT2D eigenvalue weighted by Crippen LogP contribution is -2.13. The highest BCUT2D eigenvalue weighted by atomic mass is 35.5. The van der Waals surface area contributed by atoms with Crippen LogP contribution in [0.1, 0.15) is 108 Å². The van der Waals surface area contributed by atoms with E-state index in [2.05, 4.69) is 43.3 Å². The van der Waals surface area contributed by atoms with Crippen molar-refractivity contribution in [2.75, 3.05) is 0 Å². The molecular weight excluding hydrogens is 384 g/mol. The van der Waals surface area contributed by atoms with Gasteiger partial charge in [-0.15, -0.1) is 0 Å². The van der Waals surface area contributed by atoms with Gasteiger partial charge < -0.3 is 0 Å². The van der Waals surface area contributed by atoms with Crippen molar-refractivity contribution in [2.45, 2.75) is 103 Å². The van der Waals surface area contributed by atoms with E-state index in [1.54, 1.807) is 0 Å². The monoisotopic (exact) mass is 424 g/mol. The average molecular weight is 425 g/mol. The van der Waals surface area contributed by atoms with Gasteiger partial charge in [0.2, 0.25) is 0 Å². The van der Waals surface area contributed by atoms with Gasteiger partial charge in [-0.25, -0.2) is 0 Å². The maximum atomic E-state index is 6.36. The number of halogens is 1. The zero-order valence-electron chi connectivity index (χ0n) is 19.1. The summed E-state index contributed by atoms with van der Waals surface area (Å²) >= 11 is 6.36. The Labute approximate surface area is 190 Å². The third-order valence-corrected chi connectivity index (χ3v) is 7.46. The molecule has 0 nitrogen and oxygen atoms in total. The second-order valence-electron chi connectivity index (χ2n) is 9.44. The average Bonchev–Trinajstić information content (AvgIpc) is 2.79. The highest BCUT2D eigenvalue weighted by Gasteiger charge is 2.22. The zero-order valence-corrected chi connectivity index (χ0v) is 19.8. The SMILES string of the molecule is CCCCCCCCCCCC1CCC(c2ccc(-c3ccccc3Cl)cc2)CC1. The van der Waals surface area contributed by atoms with Crippen LogP contribution in [0.15, 0.2) is 48.5 Å². The molecule has 0 bridgehead atoms. The van der Waals surface area contributed by atoms with E-state index < -0.39 is 0 Å². The van der Waals surface area contributed by atoms with Crippen molar-refractivity contribution in [3.05, 3.63) is 59.1 Å². The number of hydrogen-bond donors (Lipinski definition) is 0. The van der Waals surface area contributed by atoms with E-state index in [1.807, 2.05) is 12.1 Å². The fraction of sp³-hybridized carbons (Fsp3) is 0.586. The number of hydrogen-bond acceptors (Lipinski definition) is 0. The quantitative estimate of drug-likeness (QED) is 0.297. The topological polar surface area (TPSA) is 0 Å². The lowest BCUT2D eigenvalue weighted by atomic mass is 9.77. The van der Waals surface area contributed by atoms with Gasteiger partial charge in [-0.3, -0.25) is 0 Å². The van der Waals surface area contributed by atoms with Crippen LogP contribution in [0.25, 0.3) is 11.1 Å². The molecule has 2 aromatic carbocycles. The molecule has 0 N–H and O–H groups in total. The number of unbranched alkanes of at least 4 members (excludes halogenated alkanes) is 8. The van der Waals surface area contributed by atoms with Gasteiger partial charge in [-0.2, -0.15) is 0 Å². The van der Waals surface area contributed by atoms with Crippen LogP contribution in [0.4, 0.5) is 0 Å². The molecule has 164 valence electrons. The maximum Gasteiger partial charge on any atom is 0.0484 e. The molecule has 3 rings (SSSR count). The summed E-state index contributed by atoms with van der Waals surface area (Å²) in [6.45, 7) is 2.30. The first-order valence-corrected chi connectivity index (χ1v) is 13.0. The maximum absolute atomic E-state index is 6.36. The Morgan fingerprint density at radius 1 is 0.700 bits per heavy atom. The molecule has 1 fully saturated rings. The molecule has 2 aromatic rings. The van der Waals surface area contributed by atoms with E-state index in [0.717, 1.165) is 22.4 Å². The Morgan fingerprint density at radius 2 is 1.30 bits per heavy atom. The van der Waals surface area contributed by atoms with Gasteiger partial charge in [0.1, 0.15) is 0 Å². The molecule has 0 atom stereocenters. The van der Waals surface area contributed by atoms with Crippen LogP contribution in [0.3, 0.4) is 0 Å². The number of benzene rings is 2. The van der Waals surface area contributed by atoms with E-state index in [9.17, 15) is 0 Å². The van der Waals surface area contributed by atoms with E-state index in [4.69, 9.17) is 11.6 Å². The van der Waals surface area contributed by atoms with E-state index in [1.165, 1.54) is 101 Å². The normalized spacial score (nSPS) is 19.1. The minimum atomic E-state index is 0.754. The highest BCUT2D eigenvalue weighted by molar-refractivity contribution is 6.33. The molecule has 0 aliphatic heterocycles. The second kappa shape index (κ2) is 13.2. The molecule has 1 saturated carbocycles. The summed E-state index contributed by atoms with van der Waals surface area (Å²) in [6.07, 6.45) is 20.0. The third-order valence-electron chi connectivity index (χ3n) is 7.13. The van der Waals surface area contributed by atoms with Crippen molar-refractivity contribution in [3.63, 3.8) is 0 Å². The summed E-state index contributed by atoms with van der Waals surface area (Å²) in [4.78, 5) is 0. The predicted molar refractivity (Wildman–Crippen MR) is 133 cm³/mol. The van der Waals surface area contributed by atoms with Crippen LogP contribution in [0, 0.1) is 5.92 Å². The Kier molecular flexibility index (Phi) is 10.3. The third kappa shape index (κ3) is 7.45. The smallest absolute Gasteiger partial charge is 0.0484 e. The molecule has 0 saturated heterocycles. The molecule has 0 amide bonds. The predicted octanol–water partition coefficient (Wildman–Crippen LogP) is 10.2. The van der Waals surface area contributed by atoms with Gasteiger partial charge >= 0.3 is 0 Å². The lowest BCUT2D eigenvalue weighted by Gasteiger charge is -2.29. The molecule has 0 unspecified atom stereocenters. The molecule has 0 radical (unpaired) electrons. The van der Waals surface area contributed by atoms with E-state index >= 15 is 0 Å². The van der Waals surface area contributed by atoms with Crippen molar-refractivity contribution >= 4 is 11.6 Å². The first-order chi connectivity index (χ1) is 14.8. The Bertz CT molecular complexity index is 709. The summed E-state index contributed by atoms with van der Waals surface area (Å²) in [7, 11) is 0. The van der Waals surface area contributed by atoms with Gasteiger partial charge in [-0.05, 0) is 54.7 Å². The molecular formula is C29H41Cl. The molecule has 30 heavy (non-hydrogen) atoms. The van der Waals surface area contributed by atoms with Crippen LogP contribution in [0.5, 0.6) is 0 Å². The zero-order chi connectivity index (χ0) is 21.0. The van der Waals surface area contributed by atoms with Gasteiger partial charge in [0.15, 0.2) is 0 Å². The van der Waals surface area contributed by atoms with E-state index in [-0.39, 0.29) is 0 Å². The summed E-state index contributed by atoms with van der Waals surface area (Å²) < 4.78 is 0. The summed E-state index contributed by atoms with van der Waals surface area (Å²) in [5, 5.41) is 0.835. The molecule has 1 aliphatic carbocycles. The van der Waals surface area contributed by atoms with Crippen molar-refractivity contribution in [3.8, 4) is 11.1 Å². The standard InChI is InChI=1S/C29H41Cl/c1-2-3-4-5-6-7-8-9-10-13-24-16-18-25(19-17-24)26-20-22-27(23-21-26)28-14-11-12-15-29(28)30/h11-12,14-15,20-25H,2-10,13,16-19H2,1H3. The van der Waals surface area contributed by atoms with E-state index in [0.29, 0.717) is 0 Å². The van der Waals surface area contributed by atoms with Crippen LogP contribution < -0.4 is 0 Å². The van der Waals surface area contributed by atoms with Gasteiger partial charge in [0.05, 0.1) is 0 Å². The molecule has 0 spiro atoms. The largest absolute Gasteiger partial charge is 0.0837 e. The summed E-state index contributed by atoms with van der Waals surface area (Å²) in [6, 6.07) is 17.3. The first-order valence-electron chi connectivity index (χ1n) is 12.6. The lowest BCUT2D eigenvalue weighted by molar-refractivity contribution is 0.302.